The van der Waals surface area contributed by atoms with Crippen molar-refractivity contribution in [3.05, 3.63) is 54.1 Å². The quantitative estimate of drug-likeness (QED) is 0.834. The van der Waals surface area contributed by atoms with E-state index in [0.717, 1.165) is 38.3 Å². The van der Waals surface area contributed by atoms with E-state index in [4.69, 9.17) is 0 Å². The summed E-state index contributed by atoms with van der Waals surface area (Å²) in [5, 5.41) is 10.6. The number of aliphatic hydroxyl groups excluding tert-OH is 1. The Kier molecular flexibility index (Phi) is 6.27. The Labute approximate surface area is 151 Å². The van der Waals surface area contributed by atoms with Crippen molar-refractivity contribution in [2.45, 2.75) is 44.6 Å². The number of imidazole rings is 1. The molecule has 2 aromatic rings. The number of aryl methyl sites for hydroxylation is 1. The van der Waals surface area contributed by atoms with Gasteiger partial charge < -0.3 is 14.6 Å². The summed E-state index contributed by atoms with van der Waals surface area (Å²) in [6, 6.07) is 10.9. The van der Waals surface area contributed by atoms with Crippen molar-refractivity contribution in [1.29, 1.82) is 0 Å². The van der Waals surface area contributed by atoms with Crippen molar-refractivity contribution in [2.75, 3.05) is 19.6 Å². The number of aromatic nitrogens is 2. The zero-order valence-corrected chi connectivity index (χ0v) is 15.5. The first-order valence-corrected chi connectivity index (χ1v) is 9.61. The summed E-state index contributed by atoms with van der Waals surface area (Å²) in [4.78, 5) is 6.90. The highest BCUT2D eigenvalue weighted by Crippen LogP contribution is 2.31. The topological polar surface area (TPSA) is 41.3 Å². The average Bonchev–Trinajstić information content (AvgIpc) is 3.08. The lowest BCUT2D eigenvalue weighted by Gasteiger charge is -2.36. The molecule has 136 valence electrons. The van der Waals surface area contributed by atoms with Crippen molar-refractivity contribution in [3.8, 4) is 0 Å². The molecule has 1 aromatic carbocycles. The highest BCUT2D eigenvalue weighted by molar-refractivity contribution is 5.20. The van der Waals surface area contributed by atoms with E-state index in [1.807, 2.05) is 17.8 Å². The van der Waals surface area contributed by atoms with Crippen LogP contribution in [0.1, 0.15) is 56.0 Å². The molecule has 0 spiro atoms. The minimum atomic E-state index is -0.442. The first-order valence-electron chi connectivity index (χ1n) is 9.61. The molecule has 1 aliphatic heterocycles. The summed E-state index contributed by atoms with van der Waals surface area (Å²) in [7, 11) is 1.95. The lowest BCUT2D eigenvalue weighted by Crippen LogP contribution is -2.38. The molecule has 4 nitrogen and oxygen atoms in total. The molecule has 1 N–H and O–H groups in total. The first kappa shape index (κ1) is 18.2. The SMILES string of the molecule is CCCC(CN1CCC(C(O)c2nccn2C)CC1)c1ccccc1. The van der Waals surface area contributed by atoms with E-state index in [0.29, 0.717) is 11.8 Å². The molecule has 1 aliphatic rings. The van der Waals surface area contributed by atoms with Crippen LogP contribution in [-0.2, 0) is 7.05 Å². The lowest BCUT2D eigenvalue weighted by molar-refractivity contribution is 0.0493. The number of benzene rings is 1. The maximum absolute atomic E-state index is 10.6. The highest BCUT2D eigenvalue weighted by Gasteiger charge is 2.29. The summed E-state index contributed by atoms with van der Waals surface area (Å²) >= 11 is 0. The normalized spacial score (nSPS) is 19.0. The fraction of sp³-hybridized carbons (Fsp3) is 0.571. The van der Waals surface area contributed by atoms with Gasteiger partial charge in [-0.15, -0.1) is 0 Å². The van der Waals surface area contributed by atoms with Crippen LogP contribution in [-0.4, -0.2) is 39.2 Å². The van der Waals surface area contributed by atoms with Crippen LogP contribution in [0.25, 0.3) is 0 Å². The largest absolute Gasteiger partial charge is 0.385 e. The van der Waals surface area contributed by atoms with Gasteiger partial charge >= 0.3 is 0 Å². The standard InChI is InChI=1S/C21H31N3O/c1-3-7-19(17-8-5-4-6-9-17)16-24-13-10-18(11-14-24)20(25)21-22-12-15-23(21)2/h4-6,8-9,12,15,18-20,25H,3,7,10-11,13-14,16H2,1-2H3. The first-order chi connectivity index (χ1) is 12.2. The second-order valence-corrected chi connectivity index (χ2v) is 7.38. The van der Waals surface area contributed by atoms with E-state index in [-0.39, 0.29) is 0 Å². The summed E-state index contributed by atoms with van der Waals surface area (Å²) in [6.45, 7) is 5.53. The Bertz CT molecular complexity index is 632. The zero-order valence-electron chi connectivity index (χ0n) is 15.5. The molecular weight excluding hydrogens is 310 g/mol. The maximum Gasteiger partial charge on any atom is 0.137 e. The van der Waals surface area contributed by atoms with Gasteiger partial charge in [0, 0.05) is 26.0 Å². The van der Waals surface area contributed by atoms with Gasteiger partial charge in [-0.2, -0.15) is 0 Å². The Balaban J connectivity index is 1.55. The van der Waals surface area contributed by atoms with Gasteiger partial charge in [0.05, 0.1) is 0 Å². The number of piperidine rings is 1. The Hall–Kier alpha value is -1.65. The number of hydrogen-bond acceptors (Lipinski definition) is 3. The van der Waals surface area contributed by atoms with Gasteiger partial charge in [-0.25, -0.2) is 4.98 Å². The van der Waals surface area contributed by atoms with Gasteiger partial charge in [0.2, 0.25) is 0 Å². The van der Waals surface area contributed by atoms with Crippen molar-refractivity contribution in [2.24, 2.45) is 13.0 Å². The number of rotatable bonds is 7. The van der Waals surface area contributed by atoms with E-state index >= 15 is 0 Å². The molecule has 2 unspecified atom stereocenters. The monoisotopic (exact) mass is 341 g/mol. The molecule has 1 saturated heterocycles. The zero-order chi connectivity index (χ0) is 17.6. The molecule has 1 aromatic heterocycles. The summed E-state index contributed by atoms with van der Waals surface area (Å²) in [6.07, 6.45) is 7.77. The summed E-state index contributed by atoms with van der Waals surface area (Å²) < 4.78 is 1.93. The third-order valence-corrected chi connectivity index (χ3v) is 5.59. The van der Waals surface area contributed by atoms with Crippen LogP contribution in [0.4, 0.5) is 0 Å². The number of nitrogens with zero attached hydrogens (tertiary/aromatic N) is 3. The van der Waals surface area contributed by atoms with Gasteiger partial charge in [0.15, 0.2) is 0 Å². The van der Waals surface area contributed by atoms with Crippen LogP contribution in [0.5, 0.6) is 0 Å². The highest BCUT2D eigenvalue weighted by atomic mass is 16.3. The van der Waals surface area contributed by atoms with E-state index in [9.17, 15) is 5.11 Å². The molecule has 2 atom stereocenters. The van der Waals surface area contributed by atoms with Crippen LogP contribution in [0.2, 0.25) is 0 Å². The molecule has 1 fully saturated rings. The molecule has 0 radical (unpaired) electrons. The molecule has 0 bridgehead atoms. The third-order valence-electron chi connectivity index (χ3n) is 5.59. The van der Waals surface area contributed by atoms with Crippen molar-refractivity contribution in [3.63, 3.8) is 0 Å². The average molecular weight is 341 g/mol. The number of aliphatic hydroxyl groups is 1. The molecular formula is C21H31N3O. The van der Waals surface area contributed by atoms with Crippen LogP contribution in [0, 0.1) is 5.92 Å². The second kappa shape index (κ2) is 8.63. The third kappa shape index (κ3) is 4.50. The molecule has 0 saturated carbocycles. The number of likely N-dealkylation sites (tertiary alicyclic amines) is 1. The molecule has 25 heavy (non-hydrogen) atoms. The van der Waals surface area contributed by atoms with Crippen LogP contribution in [0.15, 0.2) is 42.7 Å². The van der Waals surface area contributed by atoms with Gasteiger partial charge in [0.1, 0.15) is 11.9 Å². The van der Waals surface area contributed by atoms with Gasteiger partial charge in [0.25, 0.3) is 0 Å². The van der Waals surface area contributed by atoms with Crippen LogP contribution < -0.4 is 0 Å². The minimum absolute atomic E-state index is 0.318. The van der Waals surface area contributed by atoms with Gasteiger partial charge in [-0.3, -0.25) is 0 Å². The maximum atomic E-state index is 10.6. The number of hydrogen-bond donors (Lipinski definition) is 1. The van der Waals surface area contributed by atoms with Crippen LogP contribution >= 0.6 is 0 Å². The van der Waals surface area contributed by atoms with Gasteiger partial charge in [-0.1, -0.05) is 43.7 Å². The van der Waals surface area contributed by atoms with Crippen LogP contribution in [0.3, 0.4) is 0 Å². The Morgan fingerprint density at radius 3 is 2.52 bits per heavy atom. The second-order valence-electron chi connectivity index (χ2n) is 7.38. The van der Waals surface area contributed by atoms with Gasteiger partial charge in [-0.05, 0) is 49.8 Å². The van der Waals surface area contributed by atoms with E-state index in [1.54, 1.807) is 6.20 Å². The molecule has 0 aliphatic carbocycles. The lowest BCUT2D eigenvalue weighted by atomic mass is 9.88. The van der Waals surface area contributed by atoms with E-state index in [1.165, 1.54) is 18.4 Å². The molecule has 0 amide bonds. The van der Waals surface area contributed by atoms with Crippen molar-refractivity contribution >= 4 is 0 Å². The summed E-state index contributed by atoms with van der Waals surface area (Å²) in [5.41, 5.74) is 1.46. The fourth-order valence-electron chi connectivity index (χ4n) is 4.07. The van der Waals surface area contributed by atoms with E-state index < -0.39 is 6.10 Å². The summed E-state index contributed by atoms with van der Waals surface area (Å²) in [5.74, 6) is 1.73. The van der Waals surface area contributed by atoms with Crippen molar-refractivity contribution in [1.82, 2.24) is 14.5 Å². The molecule has 4 heteroatoms. The predicted molar refractivity (Wildman–Crippen MR) is 101 cm³/mol. The molecule has 2 heterocycles. The smallest absolute Gasteiger partial charge is 0.137 e. The van der Waals surface area contributed by atoms with Crippen molar-refractivity contribution < 1.29 is 5.11 Å². The fourth-order valence-corrected chi connectivity index (χ4v) is 4.07. The Morgan fingerprint density at radius 1 is 1.20 bits per heavy atom. The Morgan fingerprint density at radius 2 is 1.92 bits per heavy atom. The predicted octanol–water partition coefficient (Wildman–Crippen LogP) is 3.75. The van der Waals surface area contributed by atoms with E-state index in [2.05, 4.69) is 47.1 Å². The minimum Gasteiger partial charge on any atom is -0.385 e. The molecule has 3 rings (SSSR count).